The number of carbonyl (C=O) groups excluding carboxylic acids is 1. The monoisotopic (exact) mass is 277 g/mol. The maximum atomic E-state index is 12.5. The van der Waals surface area contributed by atoms with Crippen LogP contribution in [0.4, 0.5) is 0 Å². The number of esters is 1. The average molecular weight is 277 g/mol. The van der Waals surface area contributed by atoms with Crippen molar-refractivity contribution in [3.63, 3.8) is 0 Å². The van der Waals surface area contributed by atoms with Crippen LogP contribution in [0.5, 0.6) is 0 Å². The smallest absolute Gasteiger partial charge is 0.331 e. The third-order valence-corrected chi connectivity index (χ3v) is 3.85. The van der Waals surface area contributed by atoms with E-state index in [0.29, 0.717) is 19.8 Å². The number of hydrogen-bond donors (Lipinski definition) is 1. The summed E-state index contributed by atoms with van der Waals surface area (Å²) in [7, 11) is 1.66. The Bertz CT molecular complexity index is 487. The van der Waals surface area contributed by atoms with Crippen LogP contribution in [-0.2, 0) is 26.2 Å². The van der Waals surface area contributed by atoms with Gasteiger partial charge in [0, 0.05) is 13.7 Å². The zero-order chi connectivity index (χ0) is 14.6. The maximum absolute atomic E-state index is 12.5. The molecule has 20 heavy (non-hydrogen) atoms. The molecular formula is C16H23NO3. The molecule has 1 atom stereocenters. The van der Waals surface area contributed by atoms with Crippen molar-refractivity contribution in [1.82, 2.24) is 5.32 Å². The minimum Gasteiger partial charge on any atom is -0.464 e. The summed E-state index contributed by atoms with van der Waals surface area (Å²) in [6, 6.07) is 6.30. The Labute approximate surface area is 120 Å². The first-order valence-corrected chi connectivity index (χ1v) is 7.15. The van der Waals surface area contributed by atoms with Crippen molar-refractivity contribution in [1.29, 1.82) is 0 Å². The molecule has 110 valence electrons. The number of fused-ring (bicyclic) bond motifs is 1. The number of rotatable bonds is 6. The Balaban J connectivity index is 2.34. The number of hydrogen-bond acceptors (Lipinski definition) is 4. The quantitative estimate of drug-likeness (QED) is 0.637. The van der Waals surface area contributed by atoms with Crippen LogP contribution in [0, 0.1) is 6.92 Å². The van der Waals surface area contributed by atoms with Crippen molar-refractivity contribution >= 4 is 5.97 Å². The zero-order valence-electron chi connectivity index (χ0n) is 12.5. The second-order valence-corrected chi connectivity index (χ2v) is 5.21. The number of carbonyl (C=O) groups is 1. The van der Waals surface area contributed by atoms with Crippen molar-refractivity contribution in [3.8, 4) is 0 Å². The number of benzene rings is 1. The Kier molecular flexibility index (Phi) is 4.78. The first-order chi connectivity index (χ1) is 9.64. The van der Waals surface area contributed by atoms with E-state index in [-0.39, 0.29) is 5.97 Å². The lowest BCUT2D eigenvalue weighted by atomic mass is 9.90. The molecule has 0 aliphatic heterocycles. The van der Waals surface area contributed by atoms with Gasteiger partial charge < -0.3 is 9.47 Å². The number of ether oxygens (including phenoxy) is 2. The first-order valence-electron chi connectivity index (χ1n) is 7.15. The summed E-state index contributed by atoms with van der Waals surface area (Å²) in [5.41, 5.74) is 2.74. The fourth-order valence-corrected chi connectivity index (χ4v) is 2.85. The van der Waals surface area contributed by atoms with E-state index in [4.69, 9.17) is 9.47 Å². The van der Waals surface area contributed by atoms with Gasteiger partial charge in [-0.25, -0.2) is 4.79 Å². The molecule has 0 amide bonds. The zero-order valence-corrected chi connectivity index (χ0v) is 12.5. The lowest BCUT2D eigenvalue weighted by Gasteiger charge is -2.29. The van der Waals surface area contributed by atoms with Crippen molar-refractivity contribution in [2.24, 2.45) is 0 Å². The molecule has 1 aromatic carbocycles. The van der Waals surface area contributed by atoms with Gasteiger partial charge in [0.15, 0.2) is 0 Å². The van der Waals surface area contributed by atoms with E-state index in [1.54, 1.807) is 7.11 Å². The third-order valence-electron chi connectivity index (χ3n) is 3.85. The molecule has 1 aliphatic carbocycles. The van der Waals surface area contributed by atoms with E-state index >= 15 is 0 Å². The minimum absolute atomic E-state index is 0.180. The van der Waals surface area contributed by atoms with E-state index in [1.165, 1.54) is 5.56 Å². The molecule has 4 nitrogen and oxygen atoms in total. The van der Waals surface area contributed by atoms with Crippen molar-refractivity contribution in [2.75, 3.05) is 26.9 Å². The van der Waals surface area contributed by atoms with Crippen LogP contribution < -0.4 is 5.32 Å². The molecule has 0 saturated heterocycles. The summed E-state index contributed by atoms with van der Waals surface area (Å²) in [4.78, 5) is 12.5. The number of methoxy groups -OCH3 is 1. The van der Waals surface area contributed by atoms with Gasteiger partial charge in [-0.1, -0.05) is 23.8 Å². The van der Waals surface area contributed by atoms with Gasteiger partial charge in [-0.2, -0.15) is 0 Å². The highest BCUT2D eigenvalue weighted by molar-refractivity contribution is 5.84. The van der Waals surface area contributed by atoms with Gasteiger partial charge in [0.25, 0.3) is 0 Å². The summed E-state index contributed by atoms with van der Waals surface area (Å²) >= 11 is 0. The molecular weight excluding hydrogens is 254 g/mol. The molecule has 1 aromatic rings. The van der Waals surface area contributed by atoms with Crippen LogP contribution in [0.1, 0.15) is 30.0 Å². The van der Waals surface area contributed by atoms with Crippen LogP contribution in [0.25, 0.3) is 0 Å². The van der Waals surface area contributed by atoms with E-state index in [1.807, 2.05) is 13.8 Å². The largest absolute Gasteiger partial charge is 0.464 e. The van der Waals surface area contributed by atoms with Gasteiger partial charge in [-0.05, 0) is 37.8 Å². The van der Waals surface area contributed by atoms with Gasteiger partial charge in [0.1, 0.15) is 5.54 Å². The van der Waals surface area contributed by atoms with E-state index in [9.17, 15) is 4.79 Å². The number of nitrogens with one attached hydrogen (secondary N) is 1. The Morgan fingerprint density at radius 1 is 1.45 bits per heavy atom. The fourth-order valence-electron chi connectivity index (χ4n) is 2.85. The summed E-state index contributed by atoms with van der Waals surface area (Å²) < 4.78 is 10.4. The van der Waals surface area contributed by atoms with Gasteiger partial charge in [-0.3, -0.25) is 5.32 Å². The summed E-state index contributed by atoms with van der Waals surface area (Å²) in [5.74, 6) is -0.180. The molecule has 0 bridgehead atoms. The van der Waals surface area contributed by atoms with Crippen LogP contribution in [0.2, 0.25) is 0 Å². The van der Waals surface area contributed by atoms with Crippen LogP contribution in [0.3, 0.4) is 0 Å². The van der Waals surface area contributed by atoms with Gasteiger partial charge >= 0.3 is 5.97 Å². The molecule has 1 aliphatic rings. The minimum atomic E-state index is -0.712. The molecule has 1 unspecified atom stereocenters. The van der Waals surface area contributed by atoms with Crippen molar-refractivity contribution in [2.45, 2.75) is 32.2 Å². The predicted molar refractivity (Wildman–Crippen MR) is 77.7 cm³/mol. The Morgan fingerprint density at radius 3 is 2.95 bits per heavy atom. The Morgan fingerprint density at radius 2 is 2.25 bits per heavy atom. The molecule has 2 rings (SSSR count). The first kappa shape index (κ1) is 15.0. The highest BCUT2D eigenvalue weighted by atomic mass is 16.5. The SMILES string of the molecule is CCOC(=O)C1(NCCOC)CCc2ccc(C)cc21. The van der Waals surface area contributed by atoms with E-state index < -0.39 is 5.54 Å². The summed E-state index contributed by atoms with van der Waals surface area (Å²) in [6.45, 7) is 5.48. The topological polar surface area (TPSA) is 47.6 Å². The summed E-state index contributed by atoms with van der Waals surface area (Å²) in [5, 5.41) is 3.36. The molecule has 0 aromatic heterocycles. The lowest BCUT2D eigenvalue weighted by Crippen LogP contribution is -2.49. The maximum Gasteiger partial charge on any atom is 0.331 e. The van der Waals surface area contributed by atoms with Gasteiger partial charge in [0.05, 0.1) is 13.2 Å². The molecule has 0 radical (unpaired) electrons. The fraction of sp³-hybridized carbons (Fsp3) is 0.562. The third kappa shape index (κ3) is 2.72. The predicted octanol–water partition coefficient (Wildman–Crippen LogP) is 1.94. The Hall–Kier alpha value is -1.39. The van der Waals surface area contributed by atoms with Crippen LogP contribution >= 0.6 is 0 Å². The van der Waals surface area contributed by atoms with E-state index in [0.717, 1.165) is 24.0 Å². The van der Waals surface area contributed by atoms with Crippen LogP contribution in [0.15, 0.2) is 18.2 Å². The van der Waals surface area contributed by atoms with Gasteiger partial charge in [-0.15, -0.1) is 0 Å². The van der Waals surface area contributed by atoms with Crippen molar-refractivity contribution in [3.05, 3.63) is 34.9 Å². The highest BCUT2D eigenvalue weighted by Gasteiger charge is 2.46. The molecule has 1 N–H and O–H groups in total. The van der Waals surface area contributed by atoms with Crippen molar-refractivity contribution < 1.29 is 14.3 Å². The molecule has 0 spiro atoms. The summed E-state index contributed by atoms with van der Waals surface area (Å²) in [6.07, 6.45) is 1.64. The second kappa shape index (κ2) is 6.37. The average Bonchev–Trinajstić information content (AvgIpc) is 2.79. The molecule has 0 saturated carbocycles. The van der Waals surface area contributed by atoms with Gasteiger partial charge in [0.2, 0.25) is 0 Å². The van der Waals surface area contributed by atoms with Crippen LogP contribution in [-0.4, -0.2) is 32.8 Å². The lowest BCUT2D eigenvalue weighted by molar-refractivity contribution is -0.151. The standard InChI is InChI=1S/C16H23NO3/c1-4-20-15(18)16(17-9-10-19-3)8-7-13-6-5-12(2)11-14(13)16/h5-6,11,17H,4,7-10H2,1-3H3. The molecule has 4 heteroatoms. The normalized spacial score (nSPS) is 20.8. The number of aryl methyl sites for hydroxylation is 2. The highest BCUT2D eigenvalue weighted by Crippen LogP contribution is 2.38. The molecule has 0 fully saturated rings. The second-order valence-electron chi connectivity index (χ2n) is 5.21. The molecule has 0 heterocycles. The van der Waals surface area contributed by atoms with E-state index in [2.05, 4.69) is 23.5 Å².